The van der Waals surface area contributed by atoms with E-state index < -0.39 is 5.97 Å². The van der Waals surface area contributed by atoms with Crippen molar-refractivity contribution in [3.8, 4) is 22.9 Å². The van der Waals surface area contributed by atoms with Gasteiger partial charge in [-0.1, -0.05) is 42.5 Å². The van der Waals surface area contributed by atoms with Crippen LogP contribution in [0.1, 0.15) is 21.6 Å². The highest BCUT2D eigenvalue weighted by Crippen LogP contribution is 2.30. The van der Waals surface area contributed by atoms with Gasteiger partial charge in [0.1, 0.15) is 0 Å². The van der Waals surface area contributed by atoms with Crippen LogP contribution in [0, 0.1) is 11.3 Å². The molecule has 0 saturated carbocycles. The third-order valence-electron chi connectivity index (χ3n) is 5.01. The highest BCUT2D eigenvalue weighted by atomic mass is 16.5. The van der Waals surface area contributed by atoms with E-state index in [0.717, 1.165) is 5.56 Å². The molecule has 0 aliphatic carbocycles. The van der Waals surface area contributed by atoms with Gasteiger partial charge in [-0.15, -0.1) is 0 Å². The Morgan fingerprint density at radius 3 is 2.52 bits per heavy atom. The fraction of sp³-hybridized carbons (Fsp3) is 0.0833. The molecule has 7 heteroatoms. The summed E-state index contributed by atoms with van der Waals surface area (Å²) in [4.78, 5) is 29.4. The number of benzene rings is 2. The molecule has 0 bridgehead atoms. The quantitative estimate of drug-likeness (QED) is 0.516. The Bertz CT molecular complexity index is 1390. The second-order valence-electron chi connectivity index (χ2n) is 6.87. The highest BCUT2D eigenvalue weighted by molar-refractivity contribution is 5.99. The Labute approximate surface area is 177 Å². The van der Waals surface area contributed by atoms with Crippen molar-refractivity contribution in [2.45, 2.75) is 6.54 Å². The summed E-state index contributed by atoms with van der Waals surface area (Å²) in [7, 11) is 1.20. The van der Waals surface area contributed by atoms with E-state index in [9.17, 15) is 14.7 Å². The van der Waals surface area contributed by atoms with E-state index in [4.69, 9.17) is 10.00 Å². The Morgan fingerprint density at radius 2 is 1.87 bits per heavy atom. The normalized spacial score (nSPS) is 10.6. The third-order valence-corrected chi connectivity index (χ3v) is 5.01. The summed E-state index contributed by atoms with van der Waals surface area (Å²) in [6.45, 7) is 0.195. The molecule has 2 aromatic heterocycles. The molecule has 0 spiro atoms. The fourth-order valence-corrected chi connectivity index (χ4v) is 3.42. The molecule has 0 aliphatic rings. The van der Waals surface area contributed by atoms with Gasteiger partial charge in [0.15, 0.2) is 11.4 Å². The smallest absolute Gasteiger partial charge is 0.360 e. The fourth-order valence-electron chi connectivity index (χ4n) is 3.42. The molecule has 0 radical (unpaired) electrons. The lowest BCUT2D eigenvalue weighted by Gasteiger charge is -2.15. The average molecular weight is 411 g/mol. The first-order valence-electron chi connectivity index (χ1n) is 9.41. The van der Waals surface area contributed by atoms with Crippen LogP contribution in [0.25, 0.3) is 22.0 Å². The van der Waals surface area contributed by atoms with Gasteiger partial charge in [0.2, 0.25) is 0 Å². The van der Waals surface area contributed by atoms with E-state index in [2.05, 4.69) is 11.1 Å². The van der Waals surface area contributed by atoms with E-state index in [0.29, 0.717) is 27.6 Å². The van der Waals surface area contributed by atoms with Crippen LogP contribution in [0.15, 0.2) is 71.7 Å². The molecule has 2 heterocycles. The molecule has 0 saturated heterocycles. The lowest BCUT2D eigenvalue weighted by Crippen LogP contribution is -2.23. The van der Waals surface area contributed by atoms with Crippen molar-refractivity contribution in [3.63, 3.8) is 0 Å². The number of pyridine rings is 2. The first-order valence-corrected chi connectivity index (χ1v) is 9.41. The molecule has 31 heavy (non-hydrogen) atoms. The summed E-state index contributed by atoms with van der Waals surface area (Å²) in [5.74, 6) is -1.12. The summed E-state index contributed by atoms with van der Waals surface area (Å²) in [5.41, 5.74) is 2.25. The van der Waals surface area contributed by atoms with Gasteiger partial charge in [-0.05, 0) is 29.3 Å². The zero-order chi connectivity index (χ0) is 22.0. The van der Waals surface area contributed by atoms with E-state index in [-0.39, 0.29) is 23.5 Å². The maximum atomic E-state index is 13.4. The van der Waals surface area contributed by atoms with Gasteiger partial charge in [0.25, 0.3) is 5.56 Å². The van der Waals surface area contributed by atoms with E-state index in [1.165, 1.54) is 17.9 Å². The van der Waals surface area contributed by atoms with E-state index in [1.807, 2.05) is 18.2 Å². The van der Waals surface area contributed by atoms with Crippen molar-refractivity contribution < 1.29 is 14.6 Å². The van der Waals surface area contributed by atoms with Crippen LogP contribution in [0.4, 0.5) is 0 Å². The molecule has 7 nitrogen and oxygen atoms in total. The van der Waals surface area contributed by atoms with Gasteiger partial charge in [0, 0.05) is 10.9 Å². The summed E-state index contributed by atoms with van der Waals surface area (Å²) in [6, 6.07) is 19.6. The number of hydrogen-bond donors (Lipinski definition) is 1. The van der Waals surface area contributed by atoms with Crippen molar-refractivity contribution in [2.24, 2.45) is 0 Å². The molecule has 0 amide bonds. The number of fused-ring (bicyclic) bond motifs is 1. The number of esters is 1. The van der Waals surface area contributed by atoms with Crippen molar-refractivity contribution in [2.75, 3.05) is 7.11 Å². The number of nitrogens with zero attached hydrogens (tertiary/aromatic N) is 3. The van der Waals surface area contributed by atoms with Crippen molar-refractivity contribution in [1.82, 2.24) is 9.55 Å². The van der Waals surface area contributed by atoms with Crippen molar-refractivity contribution >= 4 is 16.9 Å². The van der Waals surface area contributed by atoms with Crippen LogP contribution in [0.2, 0.25) is 0 Å². The second kappa shape index (κ2) is 8.13. The van der Waals surface area contributed by atoms with Gasteiger partial charge >= 0.3 is 5.97 Å². The Balaban J connectivity index is 1.99. The highest BCUT2D eigenvalue weighted by Gasteiger charge is 2.20. The lowest BCUT2D eigenvalue weighted by atomic mass is 10.0. The number of ether oxygens (including phenoxy) is 1. The van der Waals surface area contributed by atoms with Gasteiger partial charge in [0.05, 0.1) is 37.0 Å². The van der Waals surface area contributed by atoms with Crippen LogP contribution in [-0.2, 0) is 11.3 Å². The number of carbonyl (C=O) groups is 1. The first kappa shape index (κ1) is 19.9. The summed E-state index contributed by atoms with van der Waals surface area (Å²) in [5, 5.41) is 20.1. The van der Waals surface area contributed by atoms with Crippen LogP contribution in [0.5, 0.6) is 5.75 Å². The number of rotatable bonds is 4. The average Bonchev–Trinajstić information content (AvgIpc) is 2.81. The number of methoxy groups -OCH3 is 1. The molecule has 4 aromatic rings. The molecule has 0 fully saturated rings. The maximum absolute atomic E-state index is 13.4. The van der Waals surface area contributed by atoms with Crippen LogP contribution < -0.4 is 5.56 Å². The molecular formula is C24H17N3O4. The molecule has 0 aliphatic heterocycles. The maximum Gasteiger partial charge on any atom is 0.360 e. The number of aromatic nitrogens is 2. The van der Waals surface area contributed by atoms with E-state index >= 15 is 0 Å². The summed E-state index contributed by atoms with van der Waals surface area (Å²) >= 11 is 0. The number of carbonyl (C=O) groups excluding carboxylic acids is 1. The zero-order valence-corrected chi connectivity index (χ0v) is 16.6. The minimum Gasteiger partial charge on any atom is -0.505 e. The molecule has 4 rings (SSSR count). The predicted molar refractivity (Wildman–Crippen MR) is 115 cm³/mol. The Kier molecular flexibility index (Phi) is 5.21. The van der Waals surface area contributed by atoms with Crippen molar-refractivity contribution in [1.29, 1.82) is 5.26 Å². The largest absolute Gasteiger partial charge is 0.505 e. The third kappa shape index (κ3) is 3.63. The number of hydrogen-bond acceptors (Lipinski definition) is 6. The predicted octanol–water partition coefficient (Wildman–Crippen LogP) is 3.48. The summed E-state index contributed by atoms with van der Waals surface area (Å²) in [6.07, 6.45) is 1.38. The molecular weight excluding hydrogens is 394 g/mol. The second-order valence-corrected chi connectivity index (χ2v) is 6.87. The van der Waals surface area contributed by atoms with E-state index in [1.54, 1.807) is 42.5 Å². The van der Waals surface area contributed by atoms with Gasteiger partial charge in [-0.3, -0.25) is 4.79 Å². The summed E-state index contributed by atoms with van der Waals surface area (Å²) < 4.78 is 6.19. The van der Waals surface area contributed by atoms with Gasteiger partial charge < -0.3 is 14.4 Å². The lowest BCUT2D eigenvalue weighted by molar-refractivity contribution is 0.0591. The Hall–Kier alpha value is -4.44. The van der Waals surface area contributed by atoms with Crippen LogP contribution >= 0.6 is 0 Å². The molecule has 2 aromatic carbocycles. The topological polar surface area (TPSA) is 105 Å². The van der Waals surface area contributed by atoms with Crippen molar-refractivity contribution in [3.05, 3.63) is 94.0 Å². The minimum atomic E-state index is -0.773. The number of nitriles is 1. The van der Waals surface area contributed by atoms with Crippen LogP contribution in [-0.4, -0.2) is 27.7 Å². The first-order chi connectivity index (χ1) is 15.0. The molecule has 0 unspecified atom stereocenters. The van der Waals surface area contributed by atoms with Gasteiger partial charge in [-0.25, -0.2) is 9.78 Å². The SMILES string of the molecule is COC(=O)c1ncc2c(cc(-c3ccccc3)c(=O)n2Cc2ccc(C#N)cc2)c1O. The molecule has 152 valence electrons. The number of aromatic hydroxyl groups is 1. The standard InChI is InChI=1S/C24H17N3O4/c1-31-24(30)21-22(28)19-11-18(17-5-3-2-4-6-17)23(29)27(20(19)13-26-21)14-16-9-7-15(12-25)8-10-16/h2-11,13,28H,14H2,1H3. The zero-order valence-electron chi connectivity index (χ0n) is 16.6. The van der Waals surface area contributed by atoms with Crippen LogP contribution in [0.3, 0.4) is 0 Å². The molecule has 1 N–H and O–H groups in total. The van der Waals surface area contributed by atoms with Gasteiger partial charge in [-0.2, -0.15) is 5.26 Å². The molecule has 0 atom stereocenters. The Morgan fingerprint density at radius 1 is 1.16 bits per heavy atom. The minimum absolute atomic E-state index is 0.195. The monoisotopic (exact) mass is 411 g/mol.